The fraction of sp³-hybridized carbons (Fsp3) is 0.188. The van der Waals surface area contributed by atoms with Gasteiger partial charge in [0.15, 0.2) is 16.9 Å². The Morgan fingerprint density at radius 2 is 2.12 bits per heavy atom. The van der Waals surface area contributed by atoms with Crippen molar-refractivity contribution in [2.24, 2.45) is 0 Å². The molecular formula is C16H16BrN3O3S. The molecule has 1 amide bonds. The van der Waals surface area contributed by atoms with Crippen LogP contribution in [0.4, 0.5) is 10.8 Å². The standard InChI is InChI=1S/C16H16BrN3O3S/c1-3-8-18-16-20-13(9-24-16)15(22)23-10(2)14(21)19-12-6-4-11(17)5-7-12/h3-7,9-10H,1,8H2,2H3,(H,18,20)(H,19,21)/t10-/m0/s1. The Morgan fingerprint density at radius 1 is 1.42 bits per heavy atom. The van der Waals surface area contributed by atoms with E-state index in [4.69, 9.17) is 4.74 Å². The van der Waals surface area contributed by atoms with Crippen LogP contribution < -0.4 is 10.6 Å². The summed E-state index contributed by atoms with van der Waals surface area (Å²) in [6.45, 7) is 5.65. The lowest BCUT2D eigenvalue weighted by atomic mass is 10.3. The molecule has 0 unspecified atom stereocenters. The number of hydrogen-bond donors (Lipinski definition) is 2. The molecular weight excluding hydrogens is 394 g/mol. The molecule has 0 spiro atoms. The highest BCUT2D eigenvalue weighted by molar-refractivity contribution is 9.10. The first-order valence-corrected chi connectivity index (χ1v) is 8.74. The number of nitrogens with one attached hydrogen (secondary N) is 2. The molecule has 0 saturated heterocycles. The fourth-order valence-corrected chi connectivity index (χ4v) is 2.61. The number of thiazole rings is 1. The van der Waals surface area contributed by atoms with Gasteiger partial charge in [-0.2, -0.15) is 0 Å². The van der Waals surface area contributed by atoms with Crippen molar-refractivity contribution < 1.29 is 14.3 Å². The van der Waals surface area contributed by atoms with E-state index in [2.05, 4.69) is 38.1 Å². The van der Waals surface area contributed by atoms with E-state index < -0.39 is 18.0 Å². The third kappa shape index (κ3) is 5.17. The van der Waals surface area contributed by atoms with E-state index in [1.54, 1.807) is 35.7 Å². The van der Waals surface area contributed by atoms with E-state index in [9.17, 15) is 9.59 Å². The molecule has 126 valence electrons. The number of ether oxygens (including phenoxy) is 1. The molecule has 2 rings (SSSR count). The van der Waals surface area contributed by atoms with Gasteiger partial charge in [0.25, 0.3) is 5.91 Å². The van der Waals surface area contributed by atoms with Crippen LogP contribution in [0.3, 0.4) is 0 Å². The second kappa shape index (κ2) is 8.60. The number of anilines is 2. The molecule has 6 nitrogen and oxygen atoms in total. The summed E-state index contributed by atoms with van der Waals surface area (Å²) in [5, 5.41) is 7.83. The number of aromatic nitrogens is 1. The Balaban J connectivity index is 1.90. The van der Waals surface area contributed by atoms with Crippen molar-refractivity contribution in [3.05, 3.63) is 52.5 Å². The lowest BCUT2D eigenvalue weighted by molar-refractivity contribution is -0.123. The van der Waals surface area contributed by atoms with Crippen molar-refractivity contribution in [3.63, 3.8) is 0 Å². The largest absolute Gasteiger partial charge is 0.448 e. The summed E-state index contributed by atoms with van der Waals surface area (Å²) >= 11 is 4.60. The number of esters is 1. The molecule has 0 fully saturated rings. The molecule has 0 aliphatic heterocycles. The van der Waals surface area contributed by atoms with E-state index in [1.165, 1.54) is 18.3 Å². The Labute approximate surface area is 152 Å². The van der Waals surface area contributed by atoms with Crippen LogP contribution in [0.15, 0.2) is 46.8 Å². The monoisotopic (exact) mass is 409 g/mol. The van der Waals surface area contributed by atoms with Gasteiger partial charge in [-0.3, -0.25) is 4.79 Å². The minimum Gasteiger partial charge on any atom is -0.448 e. The molecule has 8 heteroatoms. The maximum Gasteiger partial charge on any atom is 0.358 e. The van der Waals surface area contributed by atoms with E-state index in [0.29, 0.717) is 17.4 Å². The van der Waals surface area contributed by atoms with Crippen molar-refractivity contribution in [1.82, 2.24) is 4.98 Å². The van der Waals surface area contributed by atoms with Crippen LogP contribution in [-0.2, 0) is 9.53 Å². The second-order valence-electron chi connectivity index (χ2n) is 4.75. The van der Waals surface area contributed by atoms with Crippen molar-refractivity contribution in [2.75, 3.05) is 17.2 Å². The molecule has 0 radical (unpaired) electrons. The Bertz CT molecular complexity index is 730. The van der Waals surface area contributed by atoms with Crippen molar-refractivity contribution in [1.29, 1.82) is 0 Å². The van der Waals surface area contributed by atoms with Gasteiger partial charge in [-0.1, -0.05) is 22.0 Å². The first-order valence-electron chi connectivity index (χ1n) is 7.07. The molecule has 2 aromatic rings. The number of amides is 1. The van der Waals surface area contributed by atoms with E-state index in [1.807, 2.05) is 0 Å². The molecule has 1 aromatic carbocycles. The van der Waals surface area contributed by atoms with Crippen molar-refractivity contribution in [2.45, 2.75) is 13.0 Å². The van der Waals surface area contributed by atoms with Crippen LogP contribution >= 0.6 is 27.3 Å². The number of rotatable bonds is 7. The summed E-state index contributed by atoms with van der Waals surface area (Å²) in [4.78, 5) is 28.2. The SMILES string of the molecule is C=CCNc1nc(C(=O)O[C@@H](C)C(=O)Nc2ccc(Br)cc2)cs1. The number of hydrogen-bond acceptors (Lipinski definition) is 6. The van der Waals surface area contributed by atoms with E-state index in [-0.39, 0.29) is 5.69 Å². The Hall–Kier alpha value is -2.19. The van der Waals surface area contributed by atoms with Gasteiger partial charge in [0, 0.05) is 22.1 Å². The predicted octanol–water partition coefficient (Wildman–Crippen LogP) is 3.69. The van der Waals surface area contributed by atoms with Gasteiger partial charge in [0.05, 0.1) is 0 Å². The number of nitrogens with zero attached hydrogens (tertiary/aromatic N) is 1. The van der Waals surface area contributed by atoms with Gasteiger partial charge in [-0.25, -0.2) is 9.78 Å². The minimum atomic E-state index is -0.938. The molecule has 24 heavy (non-hydrogen) atoms. The lowest BCUT2D eigenvalue weighted by Crippen LogP contribution is -2.30. The van der Waals surface area contributed by atoms with Crippen LogP contribution in [-0.4, -0.2) is 29.5 Å². The number of carbonyl (C=O) groups is 2. The minimum absolute atomic E-state index is 0.162. The average Bonchev–Trinajstić information content (AvgIpc) is 3.04. The predicted molar refractivity (Wildman–Crippen MR) is 98.4 cm³/mol. The maximum absolute atomic E-state index is 12.1. The molecule has 1 aromatic heterocycles. The second-order valence-corrected chi connectivity index (χ2v) is 6.52. The van der Waals surface area contributed by atoms with Gasteiger partial charge in [-0.05, 0) is 31.2 Å². The topological polar surface area (TPSA) is 80.3 Å². The summed E-state index contributed by atoms with van der Waals surface area (Å²) in [6.07, 6.45) is 0.751. The molecule has 0 aliphatic rings. The van der Waals surface area contributed by atoms with E-state index >= 15 is 0 Å². The van der Waals surface area contributed by atoms with Gasteiger partial charge >= 0.3 is 5.97 Å². The average molecular weight is 410 g/mol. The van der Waals surface area contributed by atoms with Gasteiger partial charge < -0.3 is 15.4 Å². The summed E-state index contributed by atoms with van der Waals surface area (Å²) in [6, 6.07) is 7.10. The van der Waals surface area contributed by atoms with Crippen LogP contribution in [0.1, 0.15) is 17.4 Å². The summed E-state index contributed by atoms with van der Waals surface area (Å²) in [5.74, 6) is -1.05. The number of halogens is 1. The fourth-order valence-electron chi connectivity index (χ4n) is 1.66. The molecule has 0 aliphatic carbocycles. The summed E-state index contributed by atoms with van der Waals surface area (Å²) in [7, 11) is 0. The molecule has 2 N–H and O–H groups in total. The molecule has 0 saturated carbocycles. The maximum atomic E-state index is 12.1. The highest BCUT2D eigenvalue weighted by Crippen LogP contribution is 2.17. The first kappa shape index (κ1) is 18.2. The normalized spacial score (nSPS) is 11.4. The van der Waals surface area contributed by atoms with Crippen LogP contribution in [0, 0.1) is 0 Å². The number of carbonyl (C=O) groups excluding carboxylic acids is 2. The van der Waals surface area contributed by atoms with Crippen LogP contribution in [0.25, 0.3) is 0 Å². The smallest absolute Gasteiger partial charge is 0.358 e. The lowest BCUT2D eigenvalue weighted by Gasteiger charge is -2.12. The zero-order valence-corrected chi connectivity index (χ0v) is 15.3. The third-order valence-electron chi connectivity index (χ3n) is 2.88. The first-order chi connectivity index (χ1) is 11.5. The van der Waals surface area contributed by atoms with Crippen LogP contribution in [0.2, 0.25) is 0 Å². The van der Waals surface area contributed by atoms with Crippen molar-refractivity contribution >= 4 is 50.0 Å². The summed E-state index contributed by atoms with van der Waals surface area (Å²) in [5.41, 5.74) is 0.783. The molecule has 1 heterocycles. The molecule has 0 bridgehead atoms. The Morgan fingerprint density at radius 3 is 2.79 bits per heavy atom. The highest BCUT2D eigenvalue weighted by Gasteiger charge is 2.21. The number of benzene rings is 1. The third-order valence-corrected chi connectivity index (χ3v) is 4.20. The zero-order chi connectivity index (χ0) is 17.5. The Kier molecular flexibility index (Phi) is 6.51. The van der Waals surface area contributed by atoms with Crippen LogP contribution in [0.5, 0.6) is 0 Å². The highest BCUT2D eigenvalue weighted by atomic mass is 79.9. The molecule has 1 atom stereocenters. The quantitative estimate of drug-likeness (QED) is 0.538. The van der Waals surface area contributed by atoms with E-state index in [0.717, 1.165) is 4.47 Å². The van der Waals surface area contributed by atoms with Gasteiger partial charge in [0.2, 0.25) is 0 Å². The zero-order valence-electron chi connectivity index (χ0n) is 12.9. The van der Waals surface area contributed by atoms with Crippen molar-refractivity contribution in [3.8, 4) is 0 Å². The van der Waals surface area contributed by atoms with Gasteiger partial charge in [0.1, 0.15) is 0 Å². The van der Waals surface area contributed by atoms with Gasteiger partial charge in [-0.15, -0.1) is 17.9 Å². The summed E-state index contributed by atoms with van der Waals surface area (Å²) < 4.78 is 6.05.